The minimum absolute atomic E-state index is 0. The Labute approximate surface area is 55.4 Å². The normalized spacial score (nSPS) is 27.0. The molecule has 1 atom stereocenters. The summed E-state index contributed by atoms with van der Waals surface area (Å²) in [5.74, 6) is 0. The Morgan fingerprint density at radius 3 is 2.56 bits per heavy atom. The van der Waals surface area contributed by atoms with E-state index in [1.165, 1.54) is 12.8 Å². The quantitative estimate of drug-likeness (QED) is 0.496. The number of hydrogen-bond acceptors (Lipinski definition) is 2. The highest BCUT2D eigenvalue weighted by Gasteiger charge is 2.09. The van der Waals surface area contributed by atoms with Crippen molar-refractivity contribution in [2.24, 2.45) is 0 Å². The predicted molar refractivity (Wildman–Crippen MR) is 36.3 cm³/mol. The van der Waals surface area contributed by atoms with Gasteiger partial charge < -0.3 is 15.9 Å². The van der Waals surface area contributed by atoms with Crippen molar-refractivity contribution in [1.82, 2.24) is 5.32 Å². The molecule has 1 fully saturated rings. The molecule has 9 heavy (non-hydrogen) atoms. The van der Waals surface area contributed by atoms with Gasteiger partial charge in [-0.2, -0.15) is 0 Å². The average molecular weight is 133 g/mol. The third kappa shape index (κ3) is 2.79. The van der Waals surface area contributed by atoms with E-state index in [1.54, 1.807) is 0 Å². The van der Waals surface area contributed by atoms with Crippen LogP contribution in [0.15, 0.2) is 0 Å². The maximum atomic E-state index is 8.63. The molecule has 4 N–H and O–H groups in total. The Hall–Kier alpha value is -0.120. The number of piperidine rings is 1. The van der Waals surface area contributed by atoms with E-state index < -0.39 is 0 Å². The second-order valence-corrected chi connectivity index (χ2v) is 2.33. The Balaban J connectivity index is 0.000000640. The fraction of sp³-hybridized carbons (Fsp3) is 1.00. The molecule has 56 valence electrons. The summed E-state index contributed by atoms with van der Waals surface area (Å²) in [4.78, 5) is 0. The van der Waals surface area contributed by atoms with E-state index >= 15 is 0 Å². The molecule has 1 unspecified atom stereocenters. The maximum absolute atomic E-state index is 8.63. The van der Waals surface area contributed by atoms with Crippen LogP contribution in [0.2, 0.25) is 0 Å². The van der Waals surface area contributed by atoms with Crippen molar-refractivity contribution in [1.29, 1.82) is 0 Å². The third-order valence-corrected chi connectivity index (χ3v) is 1.63. The summed E-state index contributed by atoms with van der Waals surface area (Å²) in [6, 6.07) is 0.392. The lowest BCUT2D eigenvalue weighted by atomic mass is 10.1. The van der Waals surface area contributed by atoms with E-state index in [2.05, 4.69) is 5.32 Å². The molecule has 0 spiro atoms. The molecule has 0 saturated carbocycles. The minimum Gasteiger partial charge on any atom is -0.412 e. The zero-order valence-corrected chi connectivity index (χ0v) is 5.56. The monoisotopic (exact) mass is 133 g/mol. The molecule has 1 rings (SSSR count). The molecule has 1 heterocycles. The summed E-state index contributed by atoms with van der Waals surface area (Å²) in [7, 11) is 0. The highest BCUT2D eigenvalue weighted by Crippen LogP contribution is 2.04. The van der Waals surface area contributed by atoms with Gasteiger partial charge in [0.05, 0.1) is 6.61 Å². The third-order valence-electron chi connectivity index (χ3n) is 1.63. The maximum Gasteiger partial charge on any atom is 0.0584 e. The van der Waals surface area contributed by atoms with Crippen molar-refractivity contribution in [3.05, 3.63) is 0 Å². The van der Waals surface area contributed by atoms with Gasteiger partial charge in [0, 0.05) is 6.04 Å². The topological polar surface area (TPSA) is 63.8 Å². The van der Waals surface area contributed by atoms with Gasteiger partial charge in [-0.15, -0.1) is 0 Å². The molecular weight excluding hydrogens is 118 g/mol. The number of aliphatic hydroxyl groups is 1. The smallest absolute Gasteiger partial charge is 0.0584 e. The summed E-state index contributed by atoms with van der Waals surface area (Å²) >= 11 is 0. The van der Waals surface area contributed by atoms with E-state index in [4.69, 9.17) is 5.11 Å². The highest BCUT2D eigenvalue weighted by molar-refractivity contribution is 4.69. The van der Waals surface area contributed by atoms with Crippen LogP contribution in [0.4, 0.5) is 0 Å². The van der Waals surface area contributed by atoms with E-state index in [1.807, 2.05) is 0 Å². The zero-order valence-electron chi connectivity index (χ0n) is 5.56. The van der Waals surface area contributed by atoms with Gasteiger partial charge in [0.2, 0.25) is 0 Å². The molecule has 1 saturated heterocycles. The molecular formula is C6H15NO2. The highest BCUT2D eigenvalue weighted by atomic mass is 16.3. The number of rotatable bonds is 1. The Kier molecular flexibility index (Phi) is 4.67. The second-order valence-electron chi connectivity index (χ2n) is 2.33. The standard InChI is InChI=1S/C6H13NO.H2O/c8-5-6-3-1-2-4-7-6;/h6-8H,1-5H2;1H2. The van der Waals surface area contributed by atoms with Crippen molar-refractivity contribution < 1.29 is 10.6 Å². The van der Waals surface area contributed by atoms with Crippen LogP contribution in [0.1, 0.15) is 19.3 Å². The molecule has 1 aliphatic rings. The van der Waals surface area contributed by atoms with Crippen molar-refractivity contribution in [2.75, 3.05) is 13.2 Å². The lowest BCUT2D eigenvalue weighted by Gasteiger charge is -2.20. The van der Waals surface area contributed by atoms with Crippen LogP contribution in [-0.2, 0) is 0 Å². The van der Waals surface area contributed by atoms with Gasteiger partial charge in [0.25, 0.3) is 0 Å². The van der Waals surface area contributed by atoms with Crippen LogP contribution in [0, 0.1) is 0 Å². The van der Waals surface area contributed by atoms with Crippen LogP contribution in [0.5, 0.6) is 0 Å². The van der Waals surface area contributed by atoms with E-state index in [0.717, 1.165) is 13.0 Å². The molecule has 0 amide bonds. The summed E-state index contributed by atoms with van der Waals surface area (Å²) in [6.07, 6.45) is 3.70. The van der Waals surface area contributed by atoms with Crippen molar-refractivity contribution in [3.8, 4) is 0 Å². The zero-order chi connectivity index (χ0) is 5.82. The van der Waals surface area contributed by atoms with Crippen LogP contribution in [-0.4, -0.2) is 29.8 Å². The average Bonchev–Trinajstić information content (AvgIpc) is 1.90. The lowest BCUT2D eigenvalue weighted by Crippen LogP contribution is -2.36. The first-order valence-corrected chi connectivity index (χ1v) is 3.27. The Bertz CT molecular complexity index is 62.1. The van der Waals surface area contributed by atoms with Crippen LogP contribution in [0.3, 0.4) is 0 Å². The number of nitrogens with one attached hydrogen (secondary N) is 1. The largest absolute Gasteiger partial charge is 0.412 e. The van der Waals surface area contributed by atoms with Crippen molar-refractivity contribution in [3.63, 3.8) is 0 Å². The SMILES string of the molecule is O.OCC1CCCCN1. The second kappa shape index (κ2) is 4.73. The van der Waals surface area contributed by atoms with Crippen molar-refractivity contribution >= 4 is 0 Å². The number of aliphatic hydroxyl groups excluding tert-OH is 1. The first-order chi connectivity index (χ1) is 3.93. The van der Waals surface area contributed by atoms with E-state index in [0.29, 0.717) is 12.6 Å². The Morgan fingerprint density at radius 1 is 1.44 bits per heavy atom. The van der Waals surface area contributed by atoms with Gasteiger partial charge in [-0.05, 0) is 19.4 Å². The van der Waals surface area contributed by atoms with Crippen LogP contribution < -0.4 is 5.32 Å². The lowest BCUT2D eigenvalue weighted by molar-refractivity contribution is 0.220. The Morgan fingerprint density at radius 2 is 2.22 bits per heavy atom. The molecule has 3 nitrogen and oxygen atoms in total. The van der Waals surface area contributed by atoms with Gasteiger partial charge in [-0.25, -0.2) is 0 Å². The van der Waals surface area contributed by atoms with Crippen molar-refractivity contribution in [2.45, 2.75) is 25.3 Å². The first kappa shape index (κ1) is 8.88. The van der Waals surface area contributed by atoms with Gasteiger partial charge in [-0.1, -0.05) is 6.42 Å². The van der Waals surface area contributed by atoms with Crippen LogP contribution >= 0.6 is 0 Å². The summed E-state index contributed by atoms with van der Waals surface area (Å²) in [5, 5.41) is 11.8. The minimum atomic E-state index is 0. The molecule has 3 heteroatoms. The molecule has 0 aromatic rings. The van der Waals surface area contributed by atoms with Crippen LogP contribution in [0.25, 0.3) is 0 Å². The molecule has 0 bridgehead atoms. The molecule has 0 aromatic heterocycles. The summed E-state index contributed by atoms with van der Waals surface area (Å²) in [6.45, 7) is 1.39. The molecule has 0 radical (unpaired) electrons. The molecule has 1 aliphatic heterocycles. The summed E-state index contributed by atoms with van der Waals surface area (Å²) in [5.41, 5.74) is 0. The molecule has 0 aromatic carbocycles. The van der Waals surface area contributed by atoms with Gasteiger partial charge in [-0.3, -0.25) is 0 Å². The van der Waals surface area contributed by atoms with E-state index in [9.17, 15) is 0 Å². The van der Waals surface area contributed by atoms with E-state index in [-0.39, 0.29) is 5.48 Å². The fourth-order valence-electron chi connectivity index (χ4n) is 1.08. The fourth-order valence-corrected chi connectivity index (χ4v) is 1.08. The predicted octanol–water partition coefficient (Wildman–Crippen LogP) is -0.704. The van der Waals surface area contributed by atoms with Gasteiger partial charge in [0.1, 0.15) is 0 Å². The van der Waals surface area contributed by atoms with Gasteiger partial charge in [0.15, 0.2) is 0 Å². The first-order valence-electron chi connectivity index (χ1n) is 3.27. The van der Waals surface area contributed by atoms with Gasteiger partial charge >= 0.3 is 0 Å². The summed E-state index contributed by atoms with van der Waals surface area (Å²) < 4.78 is 0. The molecule has 0 aliphatic carbocycles. The number of hydrogen-bond donors (Lipinski definition) is 2.